The van der Waals surface area contributed by atoms with E-state index in [0.717, 1.165) is 12.0 Å². The van der Waals surface area contributed by atoms with Gasteiger partial charge in [-0.15, -0.1) is 0 Å². The Labute approximate surface area is 181 Å². The van der Waals surface area contributed by atoms with Crippen molar-refractivity contribution in [3.8, 4) is 11.5 Å². The van der Waals surface area contributed by atoms with Crippen molar-refractivity contribution in [2.24, 2.45) is 5.92 Å². The molecule has 1 fully saturated rings. The highest BCUT2D eigenvalue weighted by atomic mass is 16.5. The summed E-state index contributed by atoms with van der Waals surface area (Å²) in [6.07, 6.45) is 0.767. The Balaban J connectivity index is 1.60. The molecule has 0 saturated carbocycles. The highest BCUT2D eigenvalue weighted by Crippen LogP contribution is 2.36. The Morgan fingerprint density at radius 1 is 1.13 bits per heavy atom. The maximum atomic E-state index is 12.5. The molecule has 2 aromatic rings. The molecule has 1 N–H and O–H groups in total. The molecule has 1 aliphatic rings. The number of amides is 2. The summed E-state index contributed by atoms with van der Waals surface area (Å²) in [4.78, 5) is 38.7. The third kappa shape index (κ3) is 5.14. The molecule has 0 spiro atoms. The van der Waals surface area contributed by atoms with E-state index < -0.39 is 24.4 Å². The molecule has 1 aliphatic heterocycles. The third-order valence-electron chi connectivity index (χ3n) is 5.15. The maximum absolute atomic E-state index is 12.5. The Kier molecular flexibility index (Phi) is 7.12. The summed E-state index contributed by atoms with van der Waals surface area (Å²) in [5, 5.41) is 2.75. The number of nitrogens with one attached hydrogen (secondary N) is 1. The number of nitrogens with zero attached hydrogens (tertiary/aromatic N) is 1. The van der Waals surface area contributed by atoms with Gasteiger partial charge in [-0.05, 0) is 30.2 Å². The number of carbonyl (C=O) groups is 3. The first-order chi connectivity index (χ1) is 15.0. The lowest BCUT2D eigenvalue weighted by atomic mass is 10.1. The minimum Gasteiger partial charge on any atom is -0.497 e. The van der Waals surface area contributed by atoms with Crippen molar-refractivity contribution in [2.45, 2.75) is 19.8 Å². The minimum atomic E-state index is -0.667. The lowest BCUT2D eigenvalue weighted by molar-refractivity contribution is -0.151. The van der Waals surface area contributed by atoms with Crippen molar-refractivity contribution in [3.05, 3.63) is 48.0 Å². The van der Waals surface area contributed by atoms with Crippen LogP contribution in [0.15, 0.2) is 42.5 Å². The summed E-state index contributed by atoms with van der Waals surface area (Å²) in [7, 11) is 3.04. The van der Waals surface area contributed by atoms with E-state index >= 15 is 0 Å². The maximum Gasteiger partial charge on any atom is 0.311 e. The van der Waals surface area contributed by atoms with E-state index in [0.29, 0.717) is 22.9 Å². The summed E-state index contributed by atoms with van der Waals surface area (Å²) < 4.78 is 15.7. The number of benzene rings is 2. The number of rotatable bonds is 8. The van der Waals surface area contributed by atoms with Gasteiger partial charge in [-0.3, -0.25) is 14.4 Å². The molecule has 8 heteroatoms. The van der Waals surface area contributed by atoms with Crippen LogP contribution in [-0.2, 0) is 25.5 Å². The van der Waals surface area contributed by atoms with Crippen LogP contribution >= 0.6 is 0 Å². The molecule has 8 nitrogen and oxygen atoms in total. The van der Waals surface area contributed by atoms with E-state index in [9.17, 15) is 14.4 Å². The highest BCUT2D eigenvalue weighted by Gasteiger charge is 2.37. The van der Waals surface area contributed by atoms with Crippen molar-refractivity contribution < 1.29 is 28.6 Å². The van der Waals surface area contributed by atoms with Crippen LogP contribution in [0.3, 0.4) is 0 Å². The molecule has 0 radical (unpaired) electrons. The fourth-order valence-electron chi connectivity index (χ4n) is 3.50. The number of hydrogen-bond donors (Lipinski definition) is 1. The molecule has 0 aliphatic carbocycles. The number of para-hydroxylation sites is 1. The van der Waals surface area contributed by atoms with Crippen LogP contribution in [0, 0.1) is 5.92 Å². The van der Waals surface area contributed by atoms with E-state index in [4.69, 9.17) is 14.2 Å². The fourth-order valence-corrected chi connectivity index (χ4v) is 3.50. The van der Waals surface area contributed by atoms with E-state index in [-0.39, 0.29) is 18.9 Å². The van der Waals surface area contributed by atoms with Crippen molar-refractivity contribution in [3.63, 3.8) is 0 Å². The second-order valence-corrected chi connectivity index (χ2v) is 7.11. The molecule has 3 rings (SSSR count). The SMILES string of the molecule is CCc1ccccc1NC(=O)COC(=O)[C@@H]1CC(=O)N(c2cc(OC)ccc2OC)C1. The fraction of sp³-hybridized carbons (Fsp3) is 0.348. The zero-order valence-corrected chi connectivity index (χ0v) is 17.8. The van der Waals surface area contributed by atoms with Crippen LogP contribution in [0.1, 0.15) is 18.9 Å². The smallest absolute Gasteiger partial charge is 0.311 e. The van der Waals surface area contributed by atoms with E-state index in [1.807, 2.05) is 25.1 Å². The van der Waals surface area contributed by atoms with Crippen LogP contribution < -0.4 is 19.7 Å². The van der Waals surface area contributed by atoms with Crippen LogP contribution in [0.2, 0.25) is 0 Å². The second-order valence-electron chi connectivity index (χ2n) is 7.11. The molecule has 0 bridgehead atoms. The van der Waals surface area contributed by atoms with Crippen LogP contribution in [0.5, 0.6) is 11.5 Å². The van der Waals surface area contributed by atoms with Gasteiger partial charge in [-0.25, -0.2) is 0 Å². The lowest BCUT2D eigenvalue weighted by Crippen LogP contribution is -2.28. The largest absolute Gasteiger partial charge is 0.497 e. The summed E-state index contributed by atoms with van der Waals surface area (Å²) in [5.74, 6) is -0.841. The zero-order valence-electron chi connectivity index (χ0n) is 17.8. The van der Waals surface area contributed by atoms with Crippen molar-refractivity contribution in [1.29, 1.82) is 0 Å². The van der Waals surface area contributed by atoms with Gasteiger partial charge in [0, 0.05) is 24.7 Å². The predicted octanol–water partition coefficient (Wildman–Crippen LogP) is 2.80. The predicted molar refractivity (Wildman–Crippen MR) is 115 cm³/mol. The number of hydrogen-bond acceptors (Lipinski definition) is 6. The Morgan fingerprint density at radius 3 is 2.61 bits per heavy atom. The molecular weight excluding hydrogens is 400 g/mol. The monoisotopic (exact) mass is 426 g/mol. The minimum absolute atomic E-state index is 0.000511. The zero-order chi connectivity index (χ0) is 22.4. The molecule has 0 aromatic heterocycles. The molecule has 31 heavy (non-hydrogen) atoms. The normalized spacial score (nSPS) is 15.5. The number of carbonyl (C=O) groups excluding carboxylic acids is 3. The Bertz CT molecular complexity index is 974. The molecule has 1 atom stereocenters. The lowest BCUT2D eigenvalue weighted by Gasteiger charge is -2.20. The van der Waals surface area contributed by atoms with Gasteiger partial charge < -0.3 is 24.4 Å². The van der Waals surface area contributed by atoms with Gasteiger partial charge in [0.15, 0.2) is 6.61 Å². The van der Waals surface area contributed by atoms with E-state index in [1.165, 1.54) is 19.1 Å². The third-order valence-corrected chi connectivity index (χ3v) is 5.15. The van der Waals surface area contributed by atoms with Gasteiger partial charge in [0.2, 0.25) is 5.91 Å². The Morgan fingerprint density at radius 2 is 1.90 bits per heavy atom. The summed E-state index contributed by atoms with van der Waals surface area (Å²) in [6.45, 7) is 1.72. The molecule has 2 aromatic carbocycles. The average Bonchev–Trinajstić information content (AvgIpc) is 3.18. The number of anilines is 2. The molecule has 1 saturated heterocycles. The molecule has 1 heterocycles. The van der Waals surface area contributed by atoms with Gasteiger partial charge >= 0.3 is 5.97 Å². The standard InChI is InChI=1S/C23H26N2O6/c1-4-15-7-5-6-8-18(15)24-21(26)14-31-23(28)16-11-22(27)25(13-16)19-12-17(29-2)9-10-20(19)30-3/h5-10,12,16H,4,11,13-14H2,1-3H3,(H,24,26)/t16-/m1/s1. The average molecular weight is 426 g/mol. The topological polar surface area (TPSA) is 94.2 Å². The molecule has 164 valence electrons. The highest BCUT2D eigenvalue weighted by molar-refractivity contribution is 6.01. The molecule has 2 amide bonds. The summed E-state index contributed by atoms with van der Waals surface area (Å²) >= 11 is 0. The van der Waals surface area contributed by atoms with Gasteiger partial charge in [0.05, 0.1) is 25.8 Å². The quantitative estimate of drug-likeness (QED) is 0.653. The number of ether oxygens (including phenoxy) is 3. The first-order valence-corrected chi connectivity index (χ1v) is 10.0. The summed E-state index contributed by atoms with van der Waals surface area (Å²) in [5.41, 5.74) is 2.21. The van der Waals surface area contributed by atoms with Crippen molar-refractivity contribution >= 4 is 29.2 Å². The Hall–Kier alpha value is -3.55. The van der Waals surface area contributed by atoms with Gasteiger partial charge in [0.1, 0.15) is 11.5 Å². The molecular formula is C23H26N2O6. The first kappa shape index (κ1) is 22.1. The van der Waals surface area contributed by atoms with Crippen LogP contribution in [0.25, 0.3) is 0 Å². The van der Waals surface area contributed by atoms with Gasteiger partial charge in [-0.1, -0.05) is 25.1 Å². The number of aryl methyl sites for hydroxylation is 1. The number of methoxy groups -OCH3 is 2. The van der Waals surface area contributed by atoms with Crippen molar-refractivity contribution in [2.75, 3.05) is 37.6 Å². The van der Waals surface area contributed by atoms with E-state index in [1.54, 1.807) is 24.3 Å². The van der Waals surface area contributed by atoms with E-state index in [2.05, 4.69) is 5.32 Å². The van der Waals surface area contributed by atoms with Gasteiger partial charge in [0.25, 0.3) is 5.91 Å². The van der Waals surface area contributed by atoms with Crippen LogP contribution in [0.4, 0.5) is 11.4 Å². The van der Waals surface area contributed by atoms with Gasteiger partial charge in [-0.2, -0.15) is 0 Å². The van der Waals surface area contributed by atoms with Crippen molar-refractivity contribution in [1.82, 2.24) is 0 Å². The second kappa shape index (κ2) is 9.97. The summed E-state index contributed by atoms with van der Waals surface area (Å²) in [6, 6.07) is 12.6. The first-order valence-electron chi connectivity index (χ1n) is 10.0. The molecule has 0 unspecified atom stereocenters. The van der Waals surface area contributed by atoms with Crippen LogP contribution in [-0.4, -0.2) is 45.2 Å². The number of esters is 1.